The number of carbonyl (C=O) groups excluding carboxylic acids is 1. The van der Waals surface area contributed by atoms with Crippen LogP contribution in [0.25, 0.3) is 0 Å². The molecule has 0 aliphatic carbocycles. The molecule has 3 aliphatic heterocycles. The number of carbonyl (C=O) groups is 1. The van der Waals surface area contributed by atoms with Gasteiger partial charge in [-0.05, 0) is 61.7 Å². The molecule has 182 valence electrons. The number of piperidine rings is 1. The highest BCUT2D eigenvalue weighted by molar-refractivity contribution is 6.42. The standard InChI is InChI=1S/C26H32Cl2N4O2/c1-19-5-8-29-24(14-19)32-18-26(6-4-25(32)33,20-2-3-22(27)23(28)15-20)7-9-30-16-21(17-30)31-10-12-34-13-11-31/h2-3,5,8,14-15,21H,4,6-7,9-13,16-18H2,1H3. The zero-order chi connectivity index (χ0) is 23.7. The Balaban J connectivity index is 1.35. The van der Waals surface area contributed by atoms with Crippen LogP contribution in [0.4, 0.5) is 5.82 Å². The topological polar surface area (TPSA) is 48.9 Å². The van der Waals surface area contributed by atoms with Gasteiger partial charge in [0, 0.05) is 56.8 Å². The zero-order valence-electron chi connectivity index (χ0n) is 19.7. The normalized spacial score (nSPS) is 24.9. The van der Waals surface area contributed by atoms with E-state index in [4.69, 9.17) is 27.9 Å². The lowest BCUT2D eigenvalue weighted by molar-refractivity contribution is -0.120. The van der Waals surface area contributed by atoms with Crippen LogP contribution in [0.5, 0.6) is 0 Å². The highest BCUT2D eigenvalue weighted by Crippen LogP contribution is 2.41. The summed E-state index contributed by atoms with van der Waals surface area (Å²) in [5.74, 6) is 0.857. The molecule has 0 saturated carbocycles. The maximum atomic E-state index is 13.0. The Morgan fingerprint density at radius 1 is 1.12 bits per heavy atom. The summed E-state index contributed by atoms with van der Waals surface area (Å²) in [6, 6.07) is 10.5. The van der Waals surface area contributed by atoms with E-state index in [1.165, 1.54) is 0 Å². The van der Waals surface area contributed by atoms with Gasteiger partial charge < -0.3 is 9.64 Å². The second-order valence-corrected chi connectivity index (χ2v) is 10.7. The molecule has 0 bridgehead atoms. The maximum absolute atomic E-state index is 13.0. The molecular formula is C26H32Cl2N4O2. The Morgan fingerprint density at radius 2 is 1.91 bits per heavy atom. The van der Waals surface area contributed by atoms with Crippen molar-refractivity contribution in [1.82, 2.24) is 14.8 Å². The van der Waals surface area contributed by atoms with E-state index in [2.05, 4.69) is 20.9 Å². The van der Waals surface area contributed by atoms with Crippen LogP contribution >= 0.6 is 23.2 Å². The van der Waals surface area contributed by atoms with Crippen molar-refractivity contribution in [2.75, 3.05) is 57.4 Å². The SMILES string of the molecule is Cc1ccnc(N2CC(CCN3CC(N4CCOCC4)C3)(c3ccc(Cl)c(Cl)c3)CCC2=O)c1. The van der Waals surface area contributed by atoms with Crippen molar-refractivity contribution in [1.29, 1.82) is 0 Å². The van der Waals surface area contributed by atoms with Crippen molar-refractivity contribution < 1.29 is 9.53 Å². The number of hydrogen-bond donors (Lipinski definition) is 0. The second-order valence-electron chi connectivity index (χ2n) is 9.89. The monoisotopic (exact) mass is 502 g/mol. The molecule has 4 heterocycles. The molecule has 1 aromatic heterocycles. The fraction of sp³-hybridized carbons (Fsp3) is 0.538. The van der Waals surface area contributed by atoms with Crippen molar-refractivity contribution in [2.24, 2.45) is 0 Å². The second kappa shape index (κ2) is 10.1. The van der Waals surface area contributed by atoms with Gasteiger partial charge in [-0.25, -0.2) is 4.98 Å². The number of nitrogens with zero attached hydrogens (tertiary/aromatic N) is 4. The van der Waals surface area contributed by atoms with Crippen molar-refractivity contribution >= 4 is 34.9 Å². The van der Waals surface area contributed by atoms with Crippen molar-refractivity contribution in [3.8, 4) is 0 Å². The van der Waals surface area contributed by atoms with Gasteiger partial charge in [0.05, 0.1) is 23.3 Å². The summed E-state index contributed by atoms with van der Waals surface area (Å²) < 4.78 is 5.50. The molecule has 1 aromatic carbocycles. The number of anilines is 1. The molecule has 5 rings (SSSR count). The highest BCUT2D eigenvalue weighted by atomic mass is 35.5. The average molecular weight is 503 g/mol. The lowest BCUT2D eigenvalue weighted by Gasteiger charge is -2.49. The smallest absolute Gasteiger partial charge is 0.228 e. The number of aryl methyl sites for hydroxylation is 1. The molecule has 1 atom stereocenters. The van der Waals surface area contributed by atoms with Gasteiger partial charge >= 0.3 is 0 Å². The largest absolute Gasteiger partial charge is 0.379 e. The van der Waals surface area contributed by atoms with Crippen LogP contribution in [0.15, 0.2) is 36.5 Å². The van der Waals surface area contributed by atoms with E-state index in [-0.39, 0.29) is 11.3 Å². The van der Waals surface area contributed by atoms with E-state index < -0.39 is 0 Å². The Bertz CT molecular complexity index is 1040. The van der Waals surface area contributed by atoms with Crippen LogP contribution in [-0.2, 0) is 14.9 Å². The van der Waals surface area contributed by atoms with E-state index >= 15 is 0 Å². The van der Waals surface area contributed by atoms with Gasteiger partial charge in [-0.15, -0.1) is 0 Å². The summed E-state index contributed by atoms with van der Waals surface area (Å²) in [6.07, 6.45) is 4.02. The predicted molar refractivity (Wildman–Crippen MR) is 136 cm³/mol. The maximum Gasteiger partial charge on any atom is 0.228 e. The number of benzene rings is 1. The molecule has 0 spiro atoms. The molecular weight excluding hydrogens is 471 g/mol. The Hall–Kier alpha value is -1.70. The highest BCUT2D eigenvalue weighted by Gasteiger charge is 2.42. The molecule has 34 heavy (non-hydrogen) atoms. The number of likely N-dealkylation sites (tertiary alicyclic amines) is 1. The van der Waals surface area contributed by atoms with Gasteiger partial charge in [-0.2, -0.15) is 0 Å². The van der Waals surface area contributed by atoms with Gasteiger partial charge in [-0.1, -0.05) is 29.3 Å². The summed E-state index contributed by atoms with van der Waals surface area (Å²) in [5, 5.41) is 1.12. The lowest BCUT2D eigenvalue weighted by Crippen LogP contribution is -2.62. The molecule has 3 fully saturated rings. The minimum absolute atomic E-state index is 0.130. The number of rotatable bonds is 6. The van der Waals surface area contributed by atoms with Crippen LogP contribution in [0.2, 0.25) is 10.0 Å². The summed E-state index contributed by atoms with van der Waals surface area (Å²) in [7, 11) is 0. The molecule has 0 radical (unpaired) electrons. The third kappa shape index (κ3) is 4.98. The van der Waals surface area contributed by atoms with Gasteiger partial charge in [0.1, 0.15) is 5.82 Å². The summed E-state index contributed by atoms with van der Waals surface area (Å²) in [6.45, 7) is 9.56. The Kier molecular flexibility index (Phi) is 7.14. The van der Waals surface area contributed by atoms with E-state index in [0.717, 1.165) is 75.7 Å². The van der Waals surface area contributed by atoms with Crippen molar-refractivity contribution in [2.45, 2.75) is 37.6 Å². The molecule has 2 aromatic rings. The molecule has 1 unspecified atom stereocenters. The first kappa shape index (κ1) is 24.0. The number of aromatic nitrogens is 1. The number of pyridine rings is 1. The number of morpholine rings is 1. The Labute approximate surface area is 211 Å². The fourth-order valence-electron chi connectivity index (χ4n) is 5.51. The van der Waals surface area contributed by atoms with E-state index in [1.54, 1.807) is 6.20 Å². The van der Waals surface area contributed by atoms with E-state index in [1.807, 2.05) is 36.1 Å². The van der Waals surface area contributed by atoms with E-state index in [9.17, 15) is 4.79 Å². The Morgan fingerprint density at radius 3 is 2.65 bits per heavy atom. The predicted octanol–water partition coefficient (Wildman–Crippen LogP) is 4.17. The number of halogens is 2. The quantitative estimate of drug-likeness (QED) is 0.593. The van der Waals surface area contributed by atoms with Gasteiger partial charge in [0.25, 0.3) is 0 Å². The molecule has 1 amide bonds. The first-order chi connectivity index (χ1) is 16.4. The van der Waals surface area contributed by atoms with Crippen LogP contribution < -0.4 is 4.90 Å². The van der Waals surface area contributed by atoms with Crippen LogP contribution in [0.3, 0.4) is 0 Å². The van der Waals surface area contributed by atoms with Crippen LogP contribution in [0, 0.1) is 6.92 Å². The summed E-state index contributed by atoms with van der Waals surface area (Å²) in [5.41, 5.74) is 2.05. The fourth-order valence-corrected chi connectivity index (χ4v) is 5.81. The molecule has 6 nitrogen and oxygen atoms in total. The third-order valence-electron chi connectivity index (χ3n) is 7.70. The number of ether oxygens (including phenoxy) is 1. The van der Waals surface area contributed by atoms with Crippen LogP contribution in [0.1, 0.15) is 30.4 Å². The molecule has 3 aliphatic rings. The van der Waals surface area contributed by atoms with Crippen molar-refractivity contribution in [3.63, 3.8) is 0 Å². The zero-order valence-corrected chi connectivity index (χ0v) is 21.2. The molecule has 3 saturated heterocycles. The minimum Gasteiger partial charge on any atom is -0.379 e. The lowest BCUT2D eigenvalue weighted by atomic mass is 9.71. The first-order valence-electron chi connectivity index (χ1n) is 12.2. The third-order valence-corrected chi connectivity index (χ3v) is 8.43. The first-order valence-corrected chi connectivity index (χ1v) is 12.9. The van der Waals surface area contributed by atoms with E-state index in [0.29, 0.717) is 29.1 Å². The number of hydrogen-bond acceptors (Lipinski definition) is 5. The average Bonchev–Trinajstić information content (AvgIpc) is 2.81. The number of amides is 1. The summed E-state index contributed by atoms with van der Waals surface area (Å²) >= 11 is 12.7. The van der Waals surface area contributed by atoms with Gasteiger partial charge in [-0.3, -0.25) is 14.6 Å². The van der Waals surface area contributed by atoms with Crippen molar-refractivity contribution in [3.05, 3.63) is 57.7 Å². The minimum atomic E-state index is -0.197. The molecule has 0 N–H and O–H groups in total. The van der Waals surface area contributed by atoms with Gasteiger partial charge in [0.2, 0.25) is 5.91 Å². The van der Waals surface area contributed by atoms with Crippen LogP contribution in [-0.4, -0.2) is 79.2 Å². The van der Waals surface area contributed by atoms with Gasteiger partial charge in [0.15, 0.2) is 0 Å². The molecule has 8 heteroatoms. The summed E-state index contributed by atoms with van der Waals surface area (Å²) in [4.78, 5) is 24.5.